The van der Waals surface area contributed by atoms with E-state index in [0.717, 1.165) is 0 Å². The molecule has 0 spiro atoms. The molecule has 1 aliphatic rings. The third-order valence-corrected chi connectivity index (χ3v) is 1.73. The summed E-state index contributed by atoms with van der Waals surface area (Å²) in [7, 11) is 0. The summed E-state index contributed by atoms with van der Waals surface area (Å²) in [5.74, 6) is -0.250. The fraction of sp³-hybridized carbons (Fsp3) is 0.222. The van der Waals surface area contributed by atoms with Crippen LogP contribution >= 0.6 is 0 Å². The van der Waals surface area contributed by atoms with Gasteiger partial charge >= 0.3 is 0 Å². The first-order chi connectivity index (χ1) is 5.59. The van der Waals surface area contributed by atoms with Crippen LogP contribution in [0.15, 0.2) is 36.1 Å². The smallest absolute Gasteiger partial charge is 0.218 e. The van der Waals surface area contributed by atoms with E-state index in [4.69, 9.17) is 10.8 Å². The van der Waals surface area contributed by atoms with Gasteiger partial charge in [-0.2, -0.15) is 0 Å². The molecule has 64 valence electrons. The van der Waals surface area contributed by atoms with Crippen molar-refractivity contribution in [2.75, 3.05) is 0 Å². The molecule has 3 nitrogen and oxygen atoms in total. The Labute approximate surface area is 70.9 Å². The Morgan fingerprint density at radius 1 is 1.75 bits per heavy atom. The van der Waals surface area contributed by atoms with Crippen LogP contribution in [0.25, 0.3) is 0 Å². The number of carbonyl (C=O) groups is 1. The Morgan fingerprint density at radius 3 is 2.92 bits per heavy atom. The molecule has 0 fully saturated rings. The molecule has 1 aliphatic carbocycles. The lowest BCUT2D eigenvalue weighted by atomic mass is 9.92. The lowest BCUT2D eigenvalue weighted by Gasteiger charge is -2.14. The Morgan fingerprint density at radius 2 is 2.42 bits per heavy atom. The van der Waals surface area contributed by atoms with Gasteiger partial charge in [-0.1, -0.05) is 12.7 Å². The van der Waals surface area contributed by atoms with E-state index in [1.807, 2.05) is 0 Å². The molecule has 3 heteroatoms. The molecule has 12 heavy (non-hydrogen) atoms. The first-order valence-corrected chi connectivity index (χ1v) is 3.65. The van der Waals surface area contributed by atoms with Crippen molar-refractivity contribution in [3.63, 3.8) is 0 Å². The molecule has 3 N–H and O–H groups in total. The summed E-state index contributed by atoms with van der Waals surface area (Å²) in [6.07, 6.45) is 5.05. The zero-order valence-electron chi connectivity index (χ0n) is 6.66. The lowest BCUT2D eigenvalue weighted by molar-refractivity contribution is -0.118. The highest BCUT2D eigenvalue weighted by Gasteiger charge is 2.14. The van der Waals surface area contributed by atoms with Crippen molar-refractivity contribution in [2.24, 2.45) is 11.7 Å². The summed E-state index contributed by atoms with van der Waals surface area (Å²) in [6, 6.07) is 0. The molecule has 0 bridgehead atoms. The number of rotatable bonds is 2. The third kappa shape index (κ3) is 1.99. The Kier molecular flexibility index (Phi) is 2.33. The number of carbonyl (C=O) groups excluding carboxylic acids is 1. The molecule has 1 rings (SSSR count). The van der Waals surface area contributed by atoms with Crippen molar-refractivity contribution < 1.29 is 9.90 Å². The van der Waals surface area contributed by atoms with Crippen LogP contribution in [0.5, 0.6) is 0 Å². The molecule has 0 aromatic carbocycles. The van der Waals surface area contributed by atoms with E-state index in [1.54, 1.807) is 12.2 Å². The van der Waals surface area contributed by atoms with E-state index in [1.165, 1.54) is 6.08 Å². The average molecular weight is 165 g/mol. The van der Waals surface area contributed by atoms with Gasteiger partial charge in [-0.15, -0.1) is 0 Å². The number of amides is 1. The maximum Gasteiger partial charge on any atom is 0.218 e. The van der Waals surface area contributed by atoms with Crippen LogP contribution in [0, 0.1) is 5.92 Å². The molecule has 0 radical (unpaired) electrons. The number of primary amides is 1. The molecule has 0 saturated carbocycles. The molecule has 0 heterocycles. The molecular formula is C9H11NO2. The van der Waals surface area contributed by atoms with Crippen LogP contribution in [0.2, 0.25) is 0 Å². The maximum atomic E-state index is 10.6. The summed E-state index contributed by atoms with van der Waals surface area (Å²) in [5, 5.41) is 9.03. The number of aliphatic hydroxyl groups is 1. The second-order valence-electron chi connectivity index (χ2n) is 2.78. The summed E-state index contributed by atoms with van der Waals surface area (Å²) < 4.78 is 0. The fourth-order valence-corrected chi connectivity index (χ4v) is 1.10. The Bertz CT molecular complexity index is 276. The third-order valence-electron chi connectivity index (χ3n) is 1.73. The predicted octanol–water partition coefficient (Wildman–Crippen LogP) is 1.05. The minimum Gasteiger partial charge on any atom is -0.508 e. The van der Waals surface area contributed by atoms with Gasteiger partial charge in [0.2, 0.25) is 5.91 Å². The molecule has 0 aromatic heterocycles. The highest BCUT2D eigenvalue weighted by atomic mass is 16.3. The van der Waals surface area contributed by atoms with Crippen LogP contribution in [0.4, 0.5) is 0 Å². The highest BCUT2D eigenvalue weighted by Crippen LogP contribution is 2.22. The quantitative estimate of drug-likeness (QED) is 0.642. The zero-order valence-corrected chi connectivity index (χ0v) is 6.66. The van der Waals surface area contributed by atoms with Crippen molar-refractivity contribution in [1.82, 2.24) is 0 Å². The van der Waals surface area contributed by atoms with Crippen LogP contribution in [-0.2, 0) is 4.79 Å². The summed E-state index contributed by atoms with van der Waals surface area (Å²) >= 11 is 0. The Balaban J connectivity index is 2.66. The molecule has 0 saturated heterocycles. The largest absolute Gasteiger partial charge is 0.508 e. The standard InChI is InChI=1S/C9H11NO2/c1-6-4-8(11)3-2-7(6)5-9(10)12/h2-4,7,11H,1,5H2,(H2,10,12). The predicted molar refractivity (Wildman–Crippen MR) is 46.3 cm³/mol. The van der Waals surface area contributed by atoms with Crippen molar-refractivity contribution in [2.45, 2.75) is 6.42 Å². The van der Waals surface area contributed by atoms with Gasteiger partial charge in [-0.05, 0) is 17.7 Å². The number of aliphatic hydroxyl groups excluding tert-OH is 1. The van der Waals surface area contributed by atoms with E-state index >= 15 is 0 Å². The van der Waals surface area contributed by atoms with E-state index in [2.05, 4.69) is 6.58 Å². The van der Waals surface area contributed by atoms with Crippen molar-refractivity contribution >= 4 is 5.91 Å². The molecule has 0 aromatic rings. The average Bonchev–Trinajstić information content (AvgIpc) is 1.94. The van der Waals surface area contributed by atoms with Crippen molar-refractivity contribution in [3.05, 3.63) is 36.1 Å². The van der Waals surface area contributed by atoms with Crippen LogP contribution in [0.1, 0.15) is 6.42 Å². The van der Waals surface area contributed by atoms with Crippen molar-refractivity contribution in [3.8, 4) is 0 Å². The second-order valence-corrected chi connectivity index (χ2v) is 2.78. The molecule has 0 aliphatic heterocycles. The van der Waals surface area contributed by atoms with E-state index < -0.39 is 0 Å². The highest BCUT2D eigenvalue weighted by molar-refractivity contribution is 5.75. The summed E-state index contributed by atoms with van der Waals surface area (Å²) in [4.78, 5) is 10.6. The van der Waals surface area contributed by atoms with Gasteiger partial charge in [0.15, 0.2) is 0 Å². The van der Waals surface area contributed by atoms with E-state index in [9.17, 15) is 4.79 Å². The SMILES string of the molecule is C=C1C=C(O)C=CC1CC(N)=O. The Hall–Kier alpha value is -1.51. The second kappa shape index (κ2) is 3.26. The van der Waals surface area contributed by atoms with Crippen molar-refractivity contribution in [1.29, 1.82) is 0 Å². The van der Waals surface area contributed by atoms with Gasteiger partial charge in [-0.25, -0.2) is 0 Å². The summed E-state index contributed by atoms with van der Waals surface area (Å²) in [6.45, 7) is 3.70. The molecule has 1 atom stereocenters. The minimum absolute atomic E-state index is 0.0570. The molecule has 1 unspecified atom stereocenters. The van der Waals surface area contributed by atoms with Gasteiger partial charge < -0.3 is 10.8 Å². The minimum atomic E-state index is -0.361. The van der Waals surface area contributed by atoms with Crippen LogP contribution < -0.4 is 5.73 Å². The van der Waals surface area contributed by atoms with E-state index in [0.29, 0.717) is 5.57 Å². The van der Waals surface area contributed by atoms with Gasteiger partial charge in [-0.3, -0.25) is 4.79 Å². The molecular weight excluding hydrogens is 154 g/mol. The normalized spacial score (nSPS) is 22.2. The van der Waals surface area contributed by atoms with Crippen LogP contribution in [0.3, 0.4) is 0 Å². The van der Waals surface area contributed by atoms with Crippen LogP contribution in [-0.4, -0.2) is 11.0 Å². The lowest BCUT2D eigenvalue weighted by Crippen LogP contribution is -2.17. The van der Waals surface area contributed by atoms with Gasteiger partial charge in [0.25, 0.3) is 0 Å². The van der Waals surface area contributed by atoms with Gasteiger partial charge in [0, 0.05) is 12.3 Å². The molecule has 1 amide bonds. The first-order valence-electron chi connectivity index (χ1n) is 3.65. The van der Waals surface area contributed by atoms with Gasteiger partial charge in [0.05, 0.1) is 0 Å². The number of nitrogens with two attached hydrogens (primary N) is 1. The topological polar surface area (TPSA) is 63.3 Å². The first kappa shape index (κ1) is 8.59. The fourth-order valence-electron chi connectivity index (χ4n) is 1.10. The number of hydrogen-bond donors (Lipinski definition) is 2. The maximum absolute atomic E-state index is 10.6. The monoisotopic (exact) mass is 165 g/mol. The zero-order chi connectivity index (χ0) is 9.14. The summed E-state index contributed by atoms with van der Waals surface area (Å²) in [5.41, 5.74) is 5.74. The van der Waals surface area contributed by atoms with E-state index in [-0.39, 0.29) is 24.0 Å². The van der Waals surface area contributed by atoms with Gasteiger partial charge in [0.1, 0.15) is 5.76 Å². The number of hydrogen-bond acceptors (Lipinski definition) is 2. The number of allylic oxidation sites excluding steroid dienone is 4.